The monoisotopic (exact) mass is 508 g/mol. The summed E-state index contributed by atoms with van der Waals surface area (Å²) in [5.41, 5.74) is 10.4. The highest BCUT2D eigenvalue weighted by Gasteiger charge is 2.35. The molecule has 0 saturated carbocycles. The highest BCUT2D eigenvalue weighted by atomic mass is 19.1. The van der Waals surface area contributed by atoms with Gasteiger partial charge in [-0.2, -0.15) is 0 Å². The molecule has 0 radical (unpaired) electrons. The van der Waals surface area contributed by atoms with Crippen molar-refractivity contribution < 1.29 is 13.9 Å². The number of likely N-dealkylation sites (tertiary alicyclic amines) is 1. The second-order valence-electron chi connectivity index (χ2n) is 9.42. The number of halogens is 1. The van der Waals surface area contributed by atoms with Crippen molar-refractivity contribution in [3.05, 3.63) is 83.7 Å². The Balaban J connectivity index is 0.000000325. The van der Waals surface area contributed by atoms with Gasteiger partial charge in [-0.1, -0.05) is 18.7 Å². The van der Waals surface area contributed by atoms with Gasteiger partial charge in [0.25, 0.3) is 5.91 Å². The summed E-state index contributed by atoms with van der Waals surface area (Å²) in [6.07, 6.45) is 5.27. The van der Waals surface area contributed by atoms with Crippen LogP contribution < -0.4 is 11.1 Å². The van der Waals surface area contributed by atoms with Crippen LogP contribution in [-0.2, 0) is 17.8 Å². The lowest BCUT2D eigenvalue weighted by atomic mass is 9.96. The number of amides is 1. The first-order valence-electron chi connectivity index (χ1n) is 12.3. The minimum absolute atomic E-state index is 0.118. The van der Waals surface area contributed by atoms with E-state index in [0.29, 0.717) is 12.0 Å². The van der Waals surface area contributed by atoms with Crippen molar-refractivity contribution in [3.8, 4) is 0 Å². The summed E-state index contributed by atoms with van der Waals surface area (Å²) in [6.45, 7) is 13.0. The number of nitrogen functional groups attached to an aromatic ring is 1. The first kappa shape index (κ1) is 27.9. The van der Waals surface area contributed by atoms with Crippen molar-refractivity contribution >= 4 is 17.5 Å². The van der Waals surface area contributed by atoms with Gasteiger partial charge in [0.05, 0.1) is 12.8 Å². The number of nitrogens with one attached hydrogen (secondary N) is 1. The number of hydrogen-bond donors (Lipinski definition) is 2. The van der Waals surface area contributed by atoms with Crippen LogP contribution in [-0.4, -0.2) is 58.5 Å². The van der Waals surface area contributed by atoms with Gasteiger partial charge >= 0.3 is 0 Å². The minimum Gasteiger partial charge on any atom is -0.494 e. The maximum Gasteiger partial charge on any atom is 0.254 e. The number of ether oxygens (including phenoxy) is 1. The molecule has 2 aliphatic heterocycles. The Labute approximate surface area is 218 Å². The second-order valence-corrected chi connectivity index (χ2v) is 9.42. The summed E-state index contributed by atoms with van der Waals surface area (Å²) in [5.74, 6) is 0.0126. The topological polar surface area (TPSA) is 96.6 Å². The Morgan fingerprint density at radius 1 is 1.27 bits per heavy atom. The van der Waals surface area contributed by atoms with E-state index in [2.05, 4.69) is 45.0 Å². The SMILES string of the molecule is C=C(C)/C=C(/OC)C(=C)F.CNc1ccc(C(=O)N2CC[C@@H](N3Cc4cnc(N)nc4C3)C[C@H]2C)cc1. The predicted octanol–water partition coefficient (Wildman–Crippen LogP) is 4.69. The van der Waals surface area contributed by atoms with Crippen LogP contribution in [0.15, 0.2) is 66.9 Å². The molecule has 8 nitrogen and oxygen atoms in total. The fourth-order valence-corrected chi connectivity index (χ4v) is 4.65. The number of piperidine rings is 1. The van der Waals surface area contributed by atoms with Crippen LogP contribution >= 0.6 is 0 Å². The summed E-state index contributed by atoms with van der Waals surface area (Å²) in [7, 11) is 3.26. The molecule has 1 saturated heterocycles. The Kier molecular flexibility index (Phi) is 9.41. The smallest absolute Gasteiger partial charge is 0.254 e. The normalized spacial score (nSPS) is 19.4. The molecule has 37 heavy (non-hydrogen) atoms. The van der Waals surface area contributed by atoms with Crippen LogP contribution in [0.25, 0.3) is 0 Å². The van der Waals surface area contributed by atoms with Crippen molar-refractivity contribution in [1.82, 2.24) is 19.8 Å². The molecule has 0 spiro atoms. The summed E-state index contributed by atoms with van der Waals surface area (Å²) in [6, 6.07) is 8.34. The van der Waals surface area contributed by atoms with Crippen LogP contribution in [0.3, 0.4) is 0 Å². The Hall–Kier alpha value is -3.72. The zero-order chi connectivity index (χ0) is 27.1. The number of anilines is 2. The van der Waals surface area contributed by atoms with Crippen molar-refractivity contribution in [2.24, 2.45) is 0 Å². The van der Waals surface area contributed by atoms with Gasteiger partial charge in [-0.15, -0.1) is 0 Å². The van der Waals surface area contributed by atoms with E-state index in [4.69, 9.17) is 5.73 Å². The van der Waals surface area contributed by atoms with E-state index < -0.39 is 5.83 Å². The van der Waals surface area contributed by atoms with E-state index in [9.17, 15) is 9.18 Å². The molecule has 1 aromatic carbocycles. The Bertz CT molecular complexity index is 1160. The molecule has 3 N–H and O–H groups in total. The van der Waals surface area contributed by atoms with Crippen molar-refractivity contribution in [2.75, 3.05) is 31.8 Å². The number of hydrogen-bond acceptors (Lipinski definition) is 7. The number of methoxy groups -OCH3 is 1. The third kappa shape index (κ3) is 7.16. The quantitative estimate of drug-likeness (QED) is 0.432. The van der Waals surface area contributed by atoms with Crippen molar-refractivity contribution in [1.29, 1.82) is 0 Å². The molecule has 2 aromatic rings. The molecule has 4 rings (SSSR count). The van der Waals surface area contributed by atoms with Crippen molar-refractivity contribution in [3.63, 3.8) is 0 Å². The van der Waals surface area contributed by atoms with E-state index in [1.807, 2.05) is 42.4 Å². The Morgan fingerprint density at radius 2 is 1.97 bits per heavy atom. The lowest BCUT2D eigenvalue weighted by Gasteiger charge is -2.41. The molecule has 0 aliphatic carbocycles. The number of nitrogens with zero attached hydrogens (tertiary/aromatic N) is 4. The van der Waals surface area contributed by atoms with Gasteiger partial charge in [0.2, 0.25) is 5.95 Å². The van der Waals surface area contributed by atoms with Crippen LogP contribution in [0.1, 0.15) is 48.3 Å². The summed E-state index contributed by atoms with van der Waals surface area (Å²) in [4.78, 5) is 25.8. The molecule has 198 valence electrons. The number of aromatic nitrogens is 2. The number of fused-ring (bicyclic) bond motifs is 1. The van der Waals surface area contributed by atoms with E-state index in [-0.39, 0.29) is 17.7 Å². The standard InChI is InChI=1S/C20H26N6O.C8H11FO/c1-13-9-17(25-11-15-10-23-20(21)24-18(15)12-25)7-8-26(13)19(27)14-3-5-16(22-2)6-4-14;1-6(2)5-8(10-4)7(3)9/h3-6,10,13,17,22H,7-9,11-12H2,1-2H3,(H2,21,23,24);5H,1,3H2,2,4H3/b;8-5+/t13-,17-;/m1./s1. The molecule has 9 heteroatoms. The van der Waals surface area contributed by atoms with Crippen LogP contribution in [0, 0.1) is 0 Å². The number of rotatable bonds is 6. The number of benzene rings is 1. The molecule has 1 amide bonds. The van der Waals surface area contributed by atoms with Gasteiger partial charge in [-0.3, -0.25) is 9.69 Å². The fourth-order valence-electron chi connectivity index (χ4n) is 4.65. The second kappa shape index (κ2) is 12.5. The number of carbonyl (C=O) groups excluding carboxylic acids is 1. The van der Waals surface area contributed by atoms with E-state index in [1.165, 1.54) is 18.7 Å². The summed E-state index contributed by atoms with van der Waals surface area (Å²) >= 11 is 0. The number of carbonyl (C=O) groups is 1. The Morgan fingerprint density at radius 3 is 2.51 bits per heavy atom. The van der Waals surface area contributed by atoms with Gasteiger partial charge in [-0.25, -0.2) is 14.4 Å². The van der Waals surface area contributed by atoms with Crippen LogP contribution in [0.2, 0.25) is 0 Å². The lowest BCUT2D eigenvalue weighted by Crippen LogP contribution is -2.50. The molecule has 2 atom stereocenters. The van der Waals surface area contributed by atoms with Crippen molar-refractivity contribution in [2.45, 2.75) is 51.9 Å². The first-order chi connectivity index (χ1) is 17.6. The van der Waals surface area contributed by atoms with Gasteiger partial charge in [0, 0.05) is 61.8 Å². The fraction of sp³-hybridized carbons (Fsp3) is 0.393. The maximum atomic E-state index is 12.9. The number of nitrogens with two attached hydrogens (primary N) is 1. The zero-order valence-corrected chi connectivity index (χ0v) is 22.1. The van der Waals surface area contributed by atoms with Gasteiger partial charge < -0.3 is 20.7 Å². The molecule has 1 fully saturated rings. The predicted molar refractivity (Wildman–Crippen MR) is 145 cm³/mol. The maximum absolute atomic E-state index is 12.9. The minimum atomic E-state index is -0.578. The van der Waals surface area contributed by atoms with Gasteiger partial charge in [0.15, 0.2) is 11.6 Å². The molecular weight excluding hydrogens is 471 g/mol. The average molecular weight is 509 g/mol. The zero-order valence-electron chi connectivity index (χ0n) is 22.1. The third-order valence-corrected chi connectivity index (χ3v) is 6.61. The van der Waals surface area contributed by atoms with E-state index >= 15 is 0 Å². The van der Waals surface area contributed by atoms with Crippen LogP contribution in [0.5, 0.6) is 0 Å². The van der Waals surface area contributed by atoms with E-state index in [1.54, 1.807) is 6.92 Å². The van der Waals surface area contributed by atoms with Crippen LogP contribution in [0.4, 0.5) is 16.0 Å². The summed E-state index contributed by atoms with van der Waals surface area (Å²) < 4.78 is 16.9. The molecule has 0 bridgehead atoms. The molecule has 0 unspecified atom stereocenters. The molecule has 3 heterocycles. The average Bonchev–Trinajstić information content (AvgIpc) is 3.30. The number of allylic oxidation sites excluding steroid dienone is 3. The summed E-state index contributed by atoms with van der Waals surface area (Å²) in [5, 5.41) is 3.08. The molecule has 2 aliphatic rings. The highest BCUT2D eigenvalue weighted by Crippen LogP contribution is 2.30. The van der Waals surface area contributed by atoms with Gasteiger partial charge in [-0.05, 0) is 57.0 Å². The van der Waals surface area contributed by atoms with Gasteiger partial charge in [0.1, 0.15) is 0 Å². The highest BCUT2D eigenvalue weighted by molar-refractivity contribution is 5.94. The molecular formula is C28H37FN6O2. The largest absolute Gasteiger partial charge is 0.494 e. The first-order valence-corrected chi connectivity index (χ1v) is 12.3. The third-order valence-electron chi connectivity index (χ3n) is 6.61. The lowest BCUT2D eigenvalue weighted by molar-refractivity contribution is 0.0460. The molecule has 1 aromatic heterocycles. The van der Waals surface area contributed by atoms with E-state index in [0.717, 1.165) is 55.0 Å².